The second-order valence-corrected chi connectivity index (χ2v) is 3.02. The Morgan fingerprint density at radius 3 is 2.76 bits per heavy atom. The Bertz CT molecular complexity index is 415. The van der Waals surface area contributed by atoms with E-state index in [1.165, 1.54) is 0 Å². The van der Waals surface area contributed by atoms with Gasteiger partial charge >= 0.3 is 5.97 Å². The number of rotatable bonds is 2. The van der Waals surface area contributed by atoms with Crippen molar-refractivity contribution in [2.45, 2.75) is 12.1 Å². The molecule has 92 valence electrons. The molecule has 0 aromatic rings. The number of carbonyl (C=O) groups is 2. The van der Waals surface area contributed by atoms with Gasteiger partial charge in [0.15, 0.2) is 0 Å². The van der Waals surface area contributed by atoms with Crippen LogP contribution in [0.15, 0.2) is 10.3 Å². The number of aliphatic hydroxyl groups is 1. The summed E-state index contributed by atoms with van der Waals surface area (Å²) in [7, 11) is 1.04. The molecule has 0 aromatic carbocycles. The van der Waals surface area contributed by atoms with Crippen molar-refractivity contribution < 1.29 is 24.6 Å². The Hall–Kier alpha value is -2.32. The molecule has 0 spiro atoms. The predicted octanol–water partition coefficient (Wildman–Crippen LogP) is -1.17. The Morgan fingerprint density at radius 1 is 1.71 bits per heavy atom. The van der Waals surface area contributed by atoms with Crippen LogP contribution in [0.4, 0.5) is 0 Å². The number of likely N-dealkylation sites (tertiary alicyclic amines) is 1. The van der Waals surface area contributed by atoms with E-state index in [1.54, 1.807) is 0 Å². The minimum absolute atomic E-state index is 0.550. The molecule has 1 saturated heterocycles. The number of amidine groups is 1. The van der Waals surface area contributed by atoms with E-state index in [0.717, 1.165) is 7.11 Å². The molecule has 1 rings (SSSR count). The summed E-state index contributed by atoms with van der Waals surface area (Å²) >= 11 is 0. The molecule has 0 aromatic heterocycles. The Labute approximate surface area is 94.7 Å². The lowest BCUT2D eigenvalue weighted by atomic mass is 9.96. The molecule has 0 bridgehead atoms. The smallest absolute Gasteiger partial charge is 0.377 e. The lowest BCUT2D eigenvalue weighted by Gasteiger charge is -2.42. The van der Waals surface area contributed by atoms with Gasteiger partial charge in [0.05, 0.1) is 19.8 Å². The van der Waals surface area contributed by atoms with Crippen molar-refractivity contribution in [2.75, 3.05) is 13.7 Å². The monoisotopic (exact) mass is 243 g/mol. The van der Waals surface area contributed by atoms with Gasteiger partial charge in [-0.1, -0.05) is 10.3 Å². The van der Waals surface area contributed by atoms with E-state index >= 15 is 0 Å². The van der Waals surface area contributed by atoms with Crippen molar-refractivity contribution in [1.82, 2.24) is 4.90 Å². The van der Waals surface area contributed by atoms with E-state index in [4.69, 9.17) is 15.8 Å². The first-order valence-corrected chi connectivity index (χ1v) is 4.40. The summed E-state index contributed by atoms with van der Waals surface area (Å²) < 4.78 is 4.29. The highest BCUT2D eigenvalue weighted by atomic mass is 16.5. The third-order valence-corrected chi connectivity index (χ3v) is 2.24. The zero-order valence-corrected chi connectivity index (χ0v) is 8.72. The summed E-state index contributed by atoms with van der Waals surface area (Å²) in [5, 5.41) is 23.4. The number of azide groups is 1. The van der Waals surface area contributed by atoms with Gasteiger partial charge in [-0.2, -0.15) is 0 Å². The van der Waals surface area contributed by atoms with Crippen LogP contribution in [-0.2, 0) is 14.3 Å². The highest BCUT2D eigenvalue weighted by molar-refractivity contribution is 6.39. The summed E-state index contributed by atoms with van der Waals surface area (Å²) in [6.07, 6.45) is 0. The standard InChI is InChI=1S/C7H9N5O5/c1-17-7(15)5(10-16)12-3(2-13)4(6(12)14)9-11-8/h3-4,13,16H,2H2,1H3/b10-5+/t3-,4+/m1/s1. The van der Waals surface area contributed by atoms with Crippen LogP contribution in [0, 0.1) is 0 Å². The van der Waals surface area contributed by atoms with Gasteiger partial charge in [0, 0.05) is 4.91 Å². The first-order chi connectivity index (χ1) is 8.12. The van der Waals surface area contributed by atoms with Crippen LogP contribution in [-0.4, -0.2) is 58.7 Å². The van der Waals surface area contributed by atoms with E-state index in [-0.39, 0.29) is 0 Å². The fourth-order valence-electron chi connectivity index (χ4n) is 1.43. The molecule has 2 N–H and O–H groups in total. The Balaban J connectivity index is 2.96. The largest absolute Gasteiger partial charge is 0.463 e. The number of hydrogen-bond donors (Lipinski definition) is 2. The fourth-order valence-corrected chi connectivity index (χ4v) is 1.43. The highest BCUT2D eigenvalue weighted by Gasteiger charge is 2.51. The first kappa shape index (κ1) is 12.7. The van der Waals surface area contributed by atoms with Gasteiger partial charge in [-0.15, -0.1) is 0 Å². The first-order valence-electron chi connectivity index (χ1n) is 4.40. The SMILES string of the molecule is COC(=O)/C(=N\O)N1C(=O)[C@@H](N=[N+]=[N-])[C@H]1CO. The van der Waals surface area contributed by atoms with Crippen LogP contribution < -0.4 is 0 Å². The molecule has 10 nitrogen and oxygen atoms in total. The van der Waals surface area contributed by atoms with Crippen molar-refractivity contribution in [3.05, 3.63) is 10.4 Å². The average Bonchev–Trinajstić information content (AvgIpc) is 2.36. The number of aliphatic hydroxyl groups excluding tert-OH is 1. The van der Waals surface area contributed by atoms with Gasteiger partial charge in [-0.05, 0) is 5.53 Å². The number of ether oxygens (including phenoxy) is 1. The molecular formula is C7H9N5O5. The van der Waals surface area contributed by atoms with Crippen LogP contribution in [0.25, 0.3) is 10.4 Å². The molecule has 0 radical (unpaired) electrons. The molecule has 0 unspecified atom stereocenters. The highest BCUT2D eigenvalue weighted by Crippen LogP contribution is 2.24. The maximum absolute atomic E-state index is 11.5. The fraction of sp³-hybridized carbons (Fsp3) is 0.571. The molecule has 17 heavy (non-hydrogen) atoms. The molecule has 1 heterocycles. The molecule has 0 aliphatic carbocycles. The summed E-state index contributed by atoms with van der Waals surface area (Å²) in [6, 6.07) is -2.06. The van der Waals surface area contributed by atoms with Crippen LogP contribution in [0.1, 0.15) is 0 Å². The Kier molecular flexibility index (Phi) is 3.86. The van der Waals surface area contributed by atoms with Crippen LogP contribution >= 0.6 is 0 Å². The van der Waals surface area contributed by atoms with Gasteiger partial charge in [0.25, 0.3) is 5.84 Å². The van der Waals surface area contributed by atoms with Crippen molar-refractivity contribution in [3.63, 3.8) is 0 Å². The lowest BCUT2D eigenvalue weighted by molar-refractivity contribution is -0.147. The summed E-state index contributed by atoms with van der Waals surface area (Å²) in [6.45, 7) is -0.550. The zero-order chi connectivity index (χ0) is 13.0. The van der Waals surface area contributed by atoms with Gasteiger partial charge < -0.3 is 15.1 Å². The van der Waals surface area contributed by atoms with Crippen molar-refractivity contribution in [2.24, 2.45) is 10.3 Å². The summed E-state index contributed by atoms with van der Waals surface area (Å²) in [5.74, 6) is -2.46. The number of carbonyl (C=O) groups excluding carboxylic acids is 2. The molecule has 2 atom stereocenters. The van der Waals surface area contributed by atoms with E-state index < -0.39 is 36.4 Å². The van der Waals surface area contributed by atoms with E-state index in [1.807, 2.05) is 0 Å². The summed E-state index contributed by atoms with van der Waals surface area (Å²) in [4.78, 5) is 25.8. The zero-order valence-electron chi connectivity index (χ0n) is 8.72. The van der Waals surface area contributed by atoms with Crippen LogP contribution in [0.5, 0.6) is 0 Å². The van der Waals surface area contributed by atoms with E-state index in [2.05, 4.69) is 19.9 Å². The molecular weight excluding hydrogens is 234 g/mol. The maximum Gasteiger partial charge on any atom is 0.377 e. The topological polar surface area (TPSA) is 148 Å². The third-order valence-electron chi connectivity index (χ3n) is 2.24. The summed E-state index contributed by atoms with van der Waals surface area (Å²) in [5.41, 5.74) is 8.20. The van der Waals surface area contributed by atoms with E-state index in [0.29, 0.717) is 4.90 Å². The number of nitrogens with zero attached hydrogens (tertiary/aromatic N) is 5. The number of esters is 1. The minimum Gasteiger partial charge on any atom is -0.463 e. The second-order valence-electron chi connectivity index (χ2n) is 3.02. The molecule has 1 aliphatic rings. The number of methoxy groups -OCH3 is 1. The normalized spacial score (nSPS) is 23.8. The Morgan fingerprint density at radius 2 is 2.35 bits per heavy atom. The van der Waals surface area contributed by atoms with Gasteiger partial charge in [-0.3, -0.25) is 9.69 Å². The lowest BCUT2D eigenvalue weighted by Crippen LogP contribution is -2.68. The second kappa shape index (κ2) is 5.14. The van der Waals surface area contributed by atoms with Crippen LogP contribution in [0.2, 0.25) is 0 Å². The number of hydrogen-bond acceptors (Lipinski definition) is 7. The average molecular weight is 243 g/mol. The van der Waals surface area contributed by atoms with Crippen molar-refractivity contribution >= 4 is 17.7 Å². The molecule has 0 saturated carbocycles. The number of β-lactam (4-membered cyclic amide) rings is 1. The number of amides is 1. The molecule has 1 aliphatic heterocycles. The van der Waals surface area contributed by atoms with Crippen molar-refractivity contribution in [3.8, 4) is 0 Å². The quantitative estimate of drug-likeness (QED) is 0.0721. The van der Waals surface area contributed by atoms with Crippen molar-refractivity contribution in [1.29, 1.82) is 0 Å². The number of oxime groups is 1. The predicted molar refractivity (Wildman–Crippen MR) is 51.9 cm³/mol. The molecule has 10 heteroatoms. The maximum atomic E-state index is 11.5. The third kappa shape index (κ3) is 1.98. The van der Waals surface area contributed by atoms with E-state index in [9.17, 15) is 9.59 Å². The van der Waals surface area contributed by atoms with Crippen LogP contribution in [0.3, 0.4) is 0 Å². The molecule has 1 fully saturated rings. The van der Waals surface area contributed by atoms with Gasteiger partial charge in [0.1, 0.15) is 6.04 Å². The molecule has 1 amide bonds. The van der Waals surface area contributed by atoms with Gasteiger partial charge in [0.2, 0.25) is 5.91 Å². The minimum atomic E-state index is -1.12. The van der Waals surface area contributed by atoms with Gasteiger partial charge in [-0.25, -0.2) is 4.79 Å².